The Labute approximate surface area is 130 Å². The highest BCUT2D eigenvalue weighted by Gasteiger charge is 2.14. The van der Waals surface area contributed by atoms with Gasteiger partial charge >= 0.3 is 0 Å². The second kappa shape index (κ2) is 14.4. The lowest BCUT2D eigenvalue weighted by atomic mass is 10.0. The third-order valence-electron chi connectivity index (χ3n) is 2.75. The number of carbonyl (C=O) groups is 1. The average Bonchev–Trinajstić information content (AvgIpc) is 2.25. The van der Waals surface area contributed by atoms with Crippen molar-refractivity contribution in [1.82, 2.24) is 10.2 Å². The van der Waals surface area contributed by atoms with E-state index in [0.29, 0.717) is 12.5 Å². The maximum Gasteiger partial charge on any atom is 0.236 e. The molecule has 0 radical (unpaired) electrons. The van der Waals surface area contributed by atoms with Crippen LogP contribution in [0.25, 0.3) is 0 Å². The van der Waals surface area contributed by atoms with Gasteiger partial charge in [-0.25, -0.2) is 0 Å². The molecule has 0 unspecified atom stereocenters. The predicted molar refractivity (Wildman–Crippen MR) is 87.3 cm³/mol. The Kier molecular flexibility index (Phi) is 18.2. The molecule has 1 atom stereocenters. The molecule has 0 fully saturated rings. The molecule has 1 amide bonds. The van der Waals surface area contributed by atoms with Gasteiger partial charge in [-0.05, 0) is 32.4 Å². The van der Waals surface area contributed by atoms with Crippen LogP contribution in [0.2, 0.25) is 0 Å². The lowest BCUT2D eigenvalue weighted by molar-refractivity contribution is -0.122. The van der Waals surface area contributed by atoms with Gasteiger partial charge < -0.3 is 16.0 Å². The number of amides is 1. The molecule has 0 saturated heterocycles. The van der Waals surface area contributed by atoms with Crippen molar-refractivity contribution >= 4 is 30.7 Å². The van der Waals surface area contributed by atoms with E-state index in [1.807, 2.05) is 0 Å². The highest BCUT2D eigenvalue weighted by atomic mass is 35.5. The Morgan fingerprint density at radius 3 is 2.32 bits per heavy atom. The summed E-state index contributed by atoms with van der Waals surface area (Å²) in [5.41, 5.74) is 5.79. The summed E-state index contributed by atoms with van der Waals surface area (Å²) in [6.45, 7) is 8.99. The third kappa shape index (κ3) is 14.2. The maximum atomic E-state index is 11.6. The van der Waals surface area contributed by atoms with Gasteiger partial charge in [0.2, 0.25) is 5.91 Å². The molecule has 0 aromatic carbocycles. The predicted octanol–water partition coefficient (Wildman–Crippen LogP) is 2.05. The molecule has 3 N–H and O–H groups in total. The number of halogens is 2. The number of hydrogen-bond acceptors (Lipinski definition) is 3. The van der Waals surface area contributed by atoms with E-state index in [-0.39, 0.29) is 36.8 Å². The summed E-state index contributed by atoms with van der Waals surface area (Å²) in [5.74, 6) is 0.436. The van der Waals surface area contributed by atoms with Gasteiger partial charge in [0.25, 0.3) is 0 Å². The molecular formula is C13H31Cl2N3O. The third-order valence-corrected chi connectivity index (χ3v) is 2.75. The number of nitrogens with two attached hydrogens (primary N) is 1. The van der Waals surface area contributed by atoms with Crippen LogP contribution in [0.5, 0.6) is 0 Å². The first-order chi connectivity index (χ1) is 7.97. The average molecular weight is 316 g/mol. The summed E-state index contributed by atoms with van der Waals surface area (Å²) < 4.78 is 0. The summed E-state index contributed by atoms with van der Waals surface area (Å²) in [5, 5.41) is 2.89. The Balaban J connectivity index is -0.00000128. The monoisotopic (exact) mass is 315 g/mol. The van der Waals surface area contributed by atoms with E-state index in [0.717, 1.165) is 19.5 Å². The van der Waals surface area contributed by atoms with Crippen LogP contribution in [0.1, 0.15) is 40.0 Å². The standard InChI is InChI=1S/C13H29N3O.2ClH/c1-5-6-8-16(4)9-7-15-13(17)12(14)10-11(2)3;;/h11-12H,5-10,14H2,1-4H3,(H,15,17);2*1H/t12-;;/m0../s1. The largest absolute Gasteiger partial charge is 0.353 e. The molecule has 118 valence electrons. The number of unbranched alkanes of at least 4 members (excludes halogenated alkanes) is 1. The van der Waals surface area contributed by atoms with E-state index >= 15 is 0 Å². The molecule has 0 aromatic rings. The number of likely N-dealkylation sites (N-methyl/N-ethyl adjacent to an activating group) is 1. The van der Waals surface area contributed by atoms with Gasteiger partial charge in [-0.15, -0.1) is 24.8 Å². The highest BCUT2D eigenvalue weighted by molar-refractivity contribution is 5.85. The summed E-state index contributed by atoms with van der Waals surface area (Å²) >= 11 is 0. The van der Waals surface area contributed by atoms with Gasteiger partial charge in [-0.2, -0.15) is 0 Å². The topological polar surface area (TPSA) is 58.4 Å². The van der Waals surface area contributed by atoms with Crippen molar-refractivity contribution in [1.29, 1.82) is 0 Å². The second-order valence-electron chi connectivity index (χ2n) is 5.18. The highest BCUT2D eigenvalue weighted by Crippen LogP contribution is 2.02. The molecule has 0 spiro atoms. The quantitative estimate of drug-likeness (QED) is 0.684. The molecule has 0 aliphatic heterocycles. The van der Waals surface area contributed by atoms with Crippen LogP contribution in [0.3, 0.4) is 0 Å². The van der Waals surface area contributed by atoms with Crippen LogP contribution >= 0.6 is 24.8 Å². The second-order valence-corrected chi connectivity index (χ2v) is 5.18. The van der Waals surface area contributed by atoms with Crippen molar-refractivity contribution in [2.45, 2.75) is 46.1 Å². The summed E-state index contributed by atoms with van der Waals surface area (Å²) in [6.07, 6.45) is 3.16. The molecular weight excluding hydrogens is 285 g/mol. The first kappa shape index (κ1) is 24.0. The number of nitrogens with one attached hydrogen (secondary N) is 1. The van der Waals surface area contributed by atoms with Crippen LogP contribution < -0.4 is 11.1 Å². The molecule has 0 heterocycles. The zero-order valence-electron chi connectivity index (χ0n) is 12.6. The number of nitrogens with zero attached hydrogens (tertiary/aromatic N) is 1. The molecule has 0 aromatic heterocycles. The fourth-order valence-corrected chi connectivity index (χ4v) is 1.66. The van der Waals surface area contributed by atoms with E-state index < -0.39 is 0 Å². The molecule has 6 heteroatoms. The minimum absolute atomic E-state index is 0. The molecule has 0 rings (SSSR count). The molecule has 0 saturated carbocycles. The van der Waals surface area contributed by atoms with Crippen molar-refractivity contribution in [3.05, 3.63) is 0 Å². The van der Waals surface area contributed by atoms with Gasteiger partial charge in [-0.1, -0.05) is 27.2 Å². The van der Waals surface area contributed by atoms with Crippen LogP contribution in [-0.4, -0.2) is 43.5 Å². The normalized spacial score (nSPS) is 11.7. The molecule has 4 nitrogen and oxygen atoms in total. The smallest absolute Gasteiger partial charge is 0.236 e. The fourth-order valence-electron chi connectivity index (χ4n) is 1.66. The van der Waals surface area contributed by atoms with Gasteiger partial charge in [-0.3, -0.25) is 4.79 Å². The van der Waals surface area contributed by atoms with Crippen molar-refractivity contribution < 1.29 is 4.79 Å². The van der Waals surface area contributed by atoms with Gasteiger partial charge in [0.1, 0.15) is 0 Å². The van der Waals surface area contributed by atoms with Crippen LogP contribution in [-0.2, 0) is 4.79 Å². The molecule has 19 heavy (non-hydrogen) atoms. The van der Waals surface area contributed by atoms with E-state index in [4.69, 9.17) is 5.73 Å². The lowest BCUT2D eigenvalue weighted by Gasteiger charge is -2.18. The van der Waals surface area contributed by atoms with Gasteiger partial charge in [0.15, 0.2) is 0 Å². The van der Waals surface area contributed by atoms with E-state index in [1.165, 1.54) is 12.8 Å². The number of hydrogen-bond donors (Lipinski definition) is 2. The van der Waals surface area contributed by atoms with Crippen LogP contribution in [0.4, 0.5) is 0 Å². The Morgan fingerprint density at radius 1 is 1.26 bits per heavy atom. The van der Waals surface area contributed by atoms with Crippen LogP contribution in [0.15, 0.2) is 0 Å². The minimum Gasteiger partial charge on any atom is -0.353 e. The van der Waals surface area contributed by atoms with Crippen LogP contribution in [0, 0.1) is 5.92 Å². The zero-order chi connectivity index (χ0) is 13.3. The minimum atomic E-state index is -0.365. The summed E-state index contributed by atoms with van der Waals surface area (Å²) in [7, 11) is 2.08. The van der Waals surface area contributed by atoms with E-state index in [1.54, 1.807) is 0 Å². The van der Waals surface area contributed by atoms with Crippen molar-refractivity contribution in [2.24, 2.45) is 11.7 Å². The van der Waals surface area contributed by atoms with E-state index in [2.05, 4.69) is 38.0 Å². The van der Waals surface area contributed by atoms with E-state index in [9.17, 15) is 4.79 Å². The summed E-state index contributed by atoms with van der Waals surface area (Å²) in [4.78, 5) is 13.9. The van der Waals surface area contributed by atoms with Crippen molar-refractivity contribution in [3.63, 3.8) is 0 Å². The fraction of sp³-hybridized carbons (Fsp3) is 0.923. The van der Waals surface area contributed by atoms with Crippen molar-refractivity contribution in [2.75, 3.05) is 26.7 Å². The Morgan fingerprint density at radius 2 is 1.84 bits per heavy atom. The molecule has 0 aliphatic carbocycles. The number of carbonyl (C=O) groups excluding carboxylic acids is 1. The Bertz CT molecular complexity index is 216. The molecule has 0 aliphatic rings. The zero-order valence-corrected chi connectivity index (χ0v) is 14.3. The first-order valence-corrected chi connectivity index (χ1v) is 6.69. The SMILES string of the molecule is CCCCN(C)CCNC(=O)[C@@H](N)CC(C)C.Cl.Cl. The first-order valence-electron chi connectivity index (χ1n) is 6.69. The summed E-state index contributed by atoms with van der Waals surface area (Å²) in [6, 6.07) is -0.365. The van der Waals surface area contributed by atoms with Gasteiger partial charge in [0.05, 0.1) is 6.04 Å². The maximum absolute atomic E-state index is 11.6. The Hall–Kier alpha value is -0.0300. The van der Waals surface area contributed by atoms with Gasteiger partial charge in [0, 0.05) is 13.1 Å². The number of rotatable bonds is 9. The lowest BCUT2D eigenvalue weighted by Crippen LogP contribution is -2.43. The molecule has 0 bridgehead atoms. The van der Waals surface area contributed by atoms with Crippen molar-refractivity contribution in [3.8, 4) is 0 Å².